The van der Waals surface area contributed by atoms with Crippen LogP contribution in [0.4, 0.5) is 17.2 Å². The number of aromatic nitrogens is 1. The first-order valence-corrected chi connectivity index (χ1v) is 11.3. The van der Waals surface area contributed by atoms with E-state index in [1.807, 2.05) is 41.3 Å². The lowest BCUT2D eigenvalue weighted by atomic mass is 10.1. The first-order chi connectivity index (χ1) is 17.5. The number of nitro groups is 1. The van der Waals surface area contributed by atoms with E-state index in [0.717, 1.165) is 10.9 Å². The van der Waals surface area contributed by atoms with Crippen LogP contribution in [0.25, 0.3) is 17.0 Å². The molecule has 1 fully saturated rings. The van der Waals surface area contributed by atoms with Crippen molar-refractivity contribution in [2.45, 2.75) is 0 Å². The number of nitro benzene ring substituents is 1. The second-order valence-electron chi connectivity index (χ2n) is 8.09. The number of fused-ring (bicyclic) bond motifs is 2. The standard InChI is InChI=1S/C25H21N5O6/c26-15-18(25(31)28-20-13-22-23(36-10-9-35-22)14-21(20)30(32)33)12-17-11-16-3-1-2-4-19(16)27-24(17)29-5-7-34-8-6-29/h1-4,11-14H,5-10H2,(H,28,31)/b18-12+. The first kappa shape index (κ1) is 23.1. The van der Waals surface area contributed by atoms with E-state index < -0.39 is 10.8 Å². The highest BCUT2D eigenvalue weighted by Crippen LogP contribution is 2.39. The molecule has 0 radical (unpaired) electrons. The number of nitriles is 1. The molecule has 1 amide bonds. The van der Waals surface area contributed by atoms with Crippen LogP contribution in [0, 0.1) is 21.4 Å². The molecule has 2 aliphatic rings. The summed E-state index contributed by atoms with van der Waals surface area (Å²) in [6.07, 6.45) is 1.45. The Hall–Kier alpha value is -4.69. The molecule has 5 rings (SSSR count). The van der Waals surface area contributed by atoms with Gasteiger partial charge in [-0.2, -0.15) is 5.26 Å². The summed E-state index contributed by atoms with van der Waals surface area (Å²) >= 11 is 0. The zero-order valence-electron chi connectivity index (χ0n) is 19.1. The van der Waals surface area contributed by atoms with Gasteiger partial charge in [0.2, 0.25) is 0 Å². The predicted molar refractivity (Wildman–Crippen MR) is 131 cm³/mol. The van der Waals surface area contributed by atoms with Gasteiger partial charge in [-0.1, -0.05) is 18.2 Å². The van der Waals surface area contributed by atoms with Crippen LogP contribution in [0.2, 0.25) is 0 Å². The summed E-state index contributed by atoms with van der Waals surface area (Å²) in [6, 6.07) is 13.9. The lowest BCUT2D eigenvalue weighted by Gasteiger charge is -2.29. The normalized spacial score (nSPS) is 15.3. The Labute approximate surface area is 205 Å². The fraction of sp³-hybridized carbons (Fsp3) is 0.240. The number of carbonyl (C=O) groups excluding carboxylic acids is 1. The molecule has 11 heteroatoms. The molecule has 1 saturated heterocycles. The summed E-state index contributed by atoms with van der Waals surface area (Å²) < 4.78 is 16.3. The Morgan fingerprint density at radius 1 is 1.11 bits per heavy atom. The molecule has 1 N–H and O–H groups in total. The van der Waals surface area contributed by atoms with Crippen LogP contribution in [0.5, 0.6) is 11.5 Å². The van der Waals surface area contributed by atoms with Gasteiger partial charge in [0.15, 0.2) is 11.5 Å². The van der Waals surface area contributed by atoms with Crippen LogP contribution in [0.15, 0.2) is 48.0 Å². The lowest BCUT2D eigenvalue weighted by Crippen LogP contribution is -2.37. The molecule has 3 heterocycles. The van der Waals surface area contributed by atoms with Crippen molar-refractivity contribution >= 4 is 40.1 Å². The maximum Gasteiger partial charge on any atom is 0.296 e. The molecule has 0 spiro atoms. The fourth-order valence-electron chi connectivity index (χ4n) is 4.08. The van der Waals surface area contributed by atoms with Crippen LogP contribution in [0.1, 0.15) is 5.56 Å². The molecule has 1 aromatic heterocycles. The number of amides is 1. The molecule has 0 aliphatic carbocycles. The lowest BCUT2D eigenvalue weighted by molar-refractivity contribution is -0.384. The van der Waals surface area contributed by atoms with Crippen molar-refractivity contribution in [3.63, 3.8) is 0 Å². The van der Waals surface area contributed by atoms with Gasteiger partial charge in [0.05, 0.1) is 29.7 Å². The van der Waals surface area contributed by atoms with Crippen LogP contribution >= 0.6 is 0 Å². The fourth-order valence-corrected chi connectivity index (χ4v) is 4.08. The van der Waals surface area contributed by atoms with Crippen LogP contribution in [-0.2, 0) is 9.53 Å². The summed E-state index contributed by atoms with van der Waals surface area (Å²) in [6.45, 7) is 2.85. The van der Waals surface area contributed by atoms with E-state index in [9.17, 15) is 20.2 Å². The summed E-state index contributed by atoms with van der Waals surface area (Å²) in [5.41, 5.74) is 0.669. The largest absolute Gasteiger partial charge is 0.486 e. The van der Waals surface area contributed by atoms with E-state index in [4.69, 9.17) is 19.2 Å². The number of nitrogens with zero attached hydrogens (tertiary/aromatic N) is 4. The number of rotatable bonds is 5. The summed E-state index contributed by atoms with van der Waals surface area (Å²) in [5, 5.41) is 24.8. The molecule has 182 valence electrons. The van der Waals surface area contributed by atoms with Crippen molar-refractivity contribution in [3.8, 4) is 17.6 Å². The third-order valence-electron chi connectivity index (χ3n) is 5.81. The van der Waals surface area contributed by atoms with Gasteiger partial charge in [0, 0.05) is 30.1 Å². The van der Waals surface area contributed by atoms with E-state index >= 15 is 0 Å². The van der Waals surface area contributed by atoms with Gasteiger partial charge in [-0.25, -0.2) is 4.98 Å². The molecule has 0 bridgehead atoms. The molecule has 3 aromatic rings. The average Bonchev–Trinajstić information content (AvgIpc) is 2.91. The Bertz CT molecular complexity index is 1420. The summed E-state index contributed by atoms with van der Waals surface area (Å²) in [5.74, 6) is 0.332. The van der Waals surface area contributed by atoms with Crippen molar-refractivity contribution in [1.82, 2.24) is 4.98 Å². The zero-order chi connectivity index (χ0) is 25.1. The molecule has 0 atom stereocenters. The minimum Gasteiger partial charge on any atom is -0.486 e. The van der Waals surface area contributed by atoms with Crippen molar-refractivity contribution in [1.29, 1.82) is 5.26 Å². The van der Waals surface area contributed by atoms with Gasteiger partial charge in [-0.3, -0.25) is 14.9 Å². The number of anilines is 2. The maximum atomic E-state index is 13.1. The Morgan fingerprint density at radius 2 is 1.83 bits per heavy atom. The van der Waals surface area contributed by atoms with Crippen molar-refractivity contribution < 1.29 is 23.9 Å². The van der Waals surface area contributed by atoms with Crippen LogP contribution < -0.4 is 19.7 Å². The molecule has 11 nitrogen and oxygen atoms in total. The Morgan fingerprint density at radius 3 is 2.56 bits per heavy atom. The van der Waals surface area contributed by atoms with Gasteiger partial charge < -0.3 is 24.4 Å². The maximum absolute atomic E-state index is 13.1. The van der Waals surface area contributed by atoms with Crippen molar-refractivity contribution in [2.75, 3.05) is 49.7 Å². The highest BCUT2D eigenvalue weighted by Gasteiger charge is 2.25. The number of carbonyl (C=O) groups is 1. The number of benzene rings is 2. The number of pyridine rings is 1. The van der Waals surface area contributed by atoms with Crippen LogP contribution in [0.3, 0.4) is 0 Å². The SMILES string of the molecule is N#C/C(=C\c1cc2ccccc2nc1N1CCOCC1)C(=O)Nc1cc2c(cc1[N+](=O)[O-])OCCO2. The second-order valence-corrected chi connectivity index (χ2v) is 8.09. The summed E-state index contributed by atoms with van der Waals surface area (Å²) in [7, 11) is 0. The van der Waals surface area contributed by atoms with Gasteiger partial charge in [0.25, 0.3) is 11.6 Å². The summed E-state index contributed by atoms with van der Waals surface area (Å²) in [4.78, 5) is 30.9. The first-order valence-electron chi connectivity index (χ1n) is 11.3. The second kappa shape index (κ2) is 9.89. The van der Waals surface area contributed by atoms with Gasteiger partial charge in [0.1, 0.15) is 36.4 Å². The Balaban J connectivity index is 1.52. The molecule has 0 unspecified atom stereocenters. The number of para-hydroxylation sites is 1. The van der Waals surface area contributed by atoms with E-state index in [-0.39, 0.29) is 41.7 Å². The van der Waals surface area contributed by atoms with Gasteiger partial charge >= 0.3 is 0 Å². The number of morpholine rings is 1. The molecule has 36 heavy (non-hydrogen) atoms. The van der Waals surface area contributed by atoms with Crippen molar-refractivity contribution in [3.05, 3.63) is 63.7 Å². The molecular formula is C25H21N5O6. The van der Waals surface area contributed by atoms with Crippen molar-refractivity contribution in [2.24, 2.45) is 0 Å². The smallest absolute Gasteiger partial charge is 0.296 e. The highest BCUT2D eigenvalue weighted by atomic mass is 16.6. The topological polar surface area (TPSA) is 140 Å². The van der Waals surface area contributed by atoms with E-state index in [2.05, 4.69) is 5.32 Å². The third-order valence-corrected chi connectivity index (χ3v) is 5.81. The number of nitrogens with one attached hydrogen (secondary N) is 1. The molecular weight excluding hydrogens is 466 g/mol. The molecule has 2 aromatic carbocycles. The number of ether oxygens (including phenoxy) is 3. The highest BCUT2D eigenvalue weighted by molar-refractivity contribution is 6.11. The van der Waals surface area contributed by atoms with E-state index in [1.165, 1.54) is 18.2 Å². The zero-order valence-corrected chi connectivity index (χ0v) is 19.1. The van der Waals surface area contributed by atoms with Crippen LogP contribution in [-0.4, -0.2) is 55.3 Å². The van der Waals surface area contributed by atoms with E-state index in [1.54, 1.807) is 0 Å². The van der Waals surface area contributed by atoms with E-state index in [0.29, 0.717) is 37.7 Å². The average molecular weight is 487 g/mol. The number of hydrogen-bond acceptors (Lipinski definition) is 9. The molecule has 0 saturated carbocycles. The quantitative estimate of drug-likeness (QED) is 0.248. The minimum absolute atomic E-state index is 0.0968. The third kappa shape index (κ3) is 4.62. The monoisotopic (exact) mass is 487 g/mol. The number of hydrogen-bond donors (Lipinski definition) is 1. The Kier molecular flexibility index (Phi) is 6.34. The van der Waals surface area contributed by atoms with Gasteiger partial charge in [-0.15, -0.1) is 0 Å². The molecule has 2 aliphatic heterocycles. The predicted octanol–water partition coefficient (Wildman–Crippen LogP) is 3.30. The minimum atomic E-state index is -0.793. The van der Waals surface area contributed by atoms with Gasteiger partial charge in [-0.05, 0) is 18.2 Å².